The molecule has 0 radical (unpaired) electrons. The van der Waals surface area contributed by atoms with E-state index in [9.17, 15) is 9.90 Å². The van der Waals surface area contributed by atoms with Gasteiger partial charge in [0.2, 0.25) is 11.8 Å². The highest BCUT2D eigenvalue weighted by atomic mass is 16.5. The van der Waals surface area contributed by atoms with Crippen molar-refractivity contribution in [2.45, 2.75) is 64.5 Å². The van der Waals surface area contributed by atoms with Crippen molar-refractivity contribution in [3.05, 3.63) is 47.6 Å². The van der Waals surface area contributed by atoms with Crippen molar-refractivity contribution in [1.29, 1.82) is 0 Å². The summed E-state index contributed by atoms with van der Waals surface area (Å²) in [5, 5.41) is 17.1. The Hall–Kier alpha value is -2.21. The highest BCUT2D eigenvalue weighted by Crippen LogP contribution is 2.19. The first-order chi connectivity index (χ1) is 11.8. The Morgan fingerprint density at radius 2 is 1.96 bits per heavy atom. The van der Waals surface area contributed by atoms with Crippen molar-refractivity contribution in [2.24, 2.45) is 0 Å². The lowest BCUT2D eigenvalue weighted by Gasteiger charge is -2.18. The minimum absolute atomic E-state index is 0.0942. The van der Waals surface area contributed by atoms with Crippen LogP contribution in [0.4, 0.5) is 0 Å². The summed E-state index contributed by atoms with van der Waals surface area (Å²) in [6.07, 6.45) is 0.548. The van der Waals surface area contributed by atoms with Crippen LogP contribution in [0.5, 0.6) is 0 Å². The van der Waals surface area contributed by atoms with Gasteiger partial charge >= 0.3 is 0 Å². The zero-order valence-corrected chi connectivity index (χ0v) is 15.3. The minimum Gasteiger partial charge on any atom is -0.388 e. The Labute approximate surface area is 148 Å². The fourth-order valence-electron chi connectivity index (χ4n) is 2.43. The number of rotatable bonds is 7. The van der Waals surface area contributed by atoms with Crippen LogP contribution >= 0.6 is 0 Å². The molecule has 25 heavy (non-hydrogen) atoms. The molecule has 0 saturated heterocycles. The van der Waals surface area contributed by atoms with Gasteiger partial charge in [-0.1, -0.05) is 56.3 Å². The second-order valence-corrected chi connectivity index (χ2v) is 7.39. The maximum absolute atomic E-state index is 12.1. The van der Waals surface area contributed by atoms with Gasteiger partial charge in [0, 0.05) is 24.3 Å². The lowest BCUT2D eigenvalue weighted by atomic mass is 9.96. The van der Waals surface area contributed by atoms with Crippen molar-refractivity contribution in [3.63, 3.8) is 0 Å². The maximum Gasteiger partial charge on any atom is 0.227 e. The molecule has 2 unspecified atom stereocenters. The van der Waals surface area contributed by atoms with E-state index < -0.39 is 6.10 Å². The van der Waals surface area contributed by atoms with Crippen LogP contribution in [0.25, 0.3) is 0 Å². The normalized spacial score (nSPS) is 14.1. The summed E-state index contributed by atoms with van der Waals surface area (Å²) in [5.74, 6) is 1.02. The molecule has 0 bridgehead atoms. The van der Waals surface area contributed by atoms with Crippen LogP contribution < -0.4 is 5.32 Å². The number of carbonyl (C=O) groups is 1. The number of hydrogen-bond donors (Lipinski definition) is 2. The number of aryl methyl sites for hydroxylation is 1. The van der Waals surface area contributed by atoms with Crippen LogP contribution in [0.15, 0.2) is 34.9 Å². The molecule has 6 nitrogen and oxygen atoms in total. The first-order valence-corrected chi connectivity index (χ1v) is 8.61. The number of nitrogens with zero attached hydrogens (tertiary/aromatic N) is 2. The van der Waals surface area contributed by atoms with Gasteiger partial charge in [0.15, 0.2) is 5.82 Å². The fraction of sp³-hybridized carbons (Fsp3) is 0.526. The van der Waals surface area contributed by atoms with Crippen molar-refractivity contribution in [3.8, 4) is 0 Å². The molecule has 2 atom stereocenters. The second kappa shape index (κ2) is 8.25. The SMILES string of the molecule is CC(CC(O)c1ccccc1)NC(=O)CCc1nc(C(C)(C)C)no1. The average Bonchev–Trinajstić information content (AvgIpc) is 3.03. The van der Waals surface area contributed by atoms with Crippen molar-refractivity contribution >= 4 is 5.91 Å². The van der Waals surface area contributed by atoms with Crippen LogP contribution in [0, 0.1) is 0 Å². The van der Waals surface area contributed by atoms with E-state index in [1.54, 1.807) is 0 Å². The largest absolute Gasteiger partial charge is 0.388 e. The quantitative estimate of drug-likeness (QED) is 0.805. The number of aromatic nitrogens is 2. The van der Waals surface area contributed by atoms with Crippen LogP contribution in [0.1, 0.15) is 63.9 Å². The van der Waals surface area contributed by atoms with Crippen molar-refractivity contribution < 1.29 is 14.4 Å². The Morgan fingerprint density at radius 1 is 1.28 bits per heavy atom. The fourth-order valence-corrected chi connectivity index (χ4v) is 2.43. The number of hydrogen-bond acceptors (Lipinski definition) is 5. The zero-order chi connectivity index (χ0) is 18.4. The standard InChI is InChI=1S/C19H27N3O3/c1-13(12-15(23)14-8-6-5-7-9-14)20-16(24)10-11-17-21-18(22-25-17)19(2,3)4/h5-9,13,15,23H,10-12H2,1-4H3,(H,20,24). The molecule has 0 aliphatic carbocycles. The van der Waals surface area contributed by atoms with E-state index in [0.717, 1.165) is 5.56 Å². The van der Waals surface area contributed by atoms with Gasteiger partial charge in [0.25, 0.3) is 0 Å². The van der Waals surface area contributed by atoms with Gasteiger partial charge in [0.1, 0.15) is 0 Å². The van der Waals surface area contributed by atoms with Crippen molar-refractivity contribution in [2.75, 3.05) is 0 Å². The summed E-state index contributed by atoms with van der Waals surface area (Å²) in [6.45, 7) is 7.91. The third kappa shape index (κ3) is 5.98. The van der Waals surface area contributed by atoms with E-state index in [-0.39, 0.29) is 23.8 Å². The molecule has 6 heteroatoms. The van der Waals surface area contributed by atoms with E-state index in [4.69, 9.17) is 4.52 Å². The molecule has 0 spiro atoms. The molecule has 0 aliphatic heterocycles. The molecule has 1 heterocycles. The third-order valence-corrected chi connectivity index (χ3v) is 3.87. The van der Waals surface area contributed by atoms with Crippen molar-refractivity contribution in [1.82, 2.24) is 15.5 Å². The smallest absolute Gasteiger partial charge is 0.227 e. The number of aliphatic hydroxyl groups is 1. The van der Waals surface area contributed by atoms with Crippen LogP contribution in [-0.2, 0) is 16.6 Å². The summed E-state index contributed by atoms with van der Waals surface area (Å²) in [6, 6.07) is 9.30. The predicted molar refractivity (Wildman–Crippen MR) is 94.9 cm³/mol. The summed E-state index contributed by atoms with van der Waals surface area (Å²) in [5.41, 5.74) is 0.677. The molecule has 1 aromatic heterocycles. The van der Waals surface area contributed by atoms with Gasteiger partial charge in [-0.25, -0.2) is 0 Å². The number of benzene rings is 1. The first kappa shape index (κ1) is 19.1. The molecule has 0 saturated carbocycles. The Kier molecular flexibility index (Phi) is 6.31. The Morgan fingerprint density at radius 3 is 2.56 bits per heavy atom. The molecule has 1 amide bonds. The van der Waals surface area contributed by atoms with E-state index in [0.29, 0.717) is 24.6 Å². The highest BCUT2D eigenvalue weighted by Gasteiger charge is 2.21. The number of nitrogens with one attached hydrogen (secondary N) is 1. The highest BCUT2D eigenvalue weighted by molar-refractivity contribution is 5.76. The molecule has 0 aliphatic rings. The van der Waals surface area contributed by atoms with Gasteiger partial charge in [-0.3, -0.25) is 4.79 Å². The van der Waals surface area contributed by atoms with Crippen LogP contribution in [-0.4, -0.2) is 27.2 Å². The summed E-state index contributed by atoms with van der Waals surface area (Å²) in [7, 11) is 0. The van der Waals surface area contributed by atoms with Crippen LogP contribution in [0.3, 0.4) is 0 Å². The summed E-state index contributed by atoms with van der Waals surface area (Å²) < 4.78 is 5.19. The molecule has 1 aromatic carbocycles. The molecule has 2 aromatic rings. The number of amides is 1. The molecule has 0 fully saturated rings. The van der Waals surface area contributed by atoms with Gasteiger partial charge < -0.3 is 14.9 Å². The van der Waals surface area contributed by atoms with E-state index >= 15 is 0 Å². The molecule has 2 N–H and O–H groups in total. The van der Waals surface area contributed by atoms with Gasteiger partial charge in [-0.15, -0.1) is 0 Å². The third-order valence-electron chi connectivity index (χ3n) is 3.87. The molecule has 136 valence electrons. The average molecular weight is 345 g/mol. The monoisotopic (exact) mass is 345 g/mol. The van der Waals surface area contributed by atoms with Gasteiger partial charge in [0.05, 0.1) is 6.10 Å². The van der Waals surface area contributed by atoms with E-state index in [2.05, 4.69) is 15.5 Å². The lowest BCUT2D eigenvalue weighted by Crippen LogP contribution is -2.33. The molecular weight excluding hydrogens is 318 g/mol. The van der Waals surface area contributed by atoms with Crippen LogP contribution in [0.2, 0.25) is 0 Å². The Balaban J connectivity index is 1.77. The van der Waals surface area contributed by atoms with Gasteiger partial charge in [-0.2, -0.15) is 4.98 Å². The molecule has 2 rings (SSSR count). The predicted octanol–water partition coefficient (Wildman–Crippen LogP) is 2.93. The number of aliphatic hydroxyl groups excluding tert-OH is 1. The molecular formula is C19H27N3O3. The first-order valence-electron chi connectivity index (χ1n) is 8.61. The topological polar surface area (TPSA) is 88.2 Å². The number of carbonyl (C=O) groups excluding carboxylic acids is 1. The minimum atomic E-state index is -0.596. The zero-order valence-electron chi connectivity index (χ0n) is 15.3. The van der Waals surface area contributed by atoms with E-state index in [1.807, 2.05) is 58.0 Å². The Bertz CT molecular complexity index is 677. The van der Waals surface area contributed by atoms with E-state index in [1.165, 1.54) is 0 Å². The summed E-state index contributed by atoms with van der Waals surface area (Å²) in [4.78, 5) is 16.4. The van der Waals surface area contributed by atoms with Gasteiger partial charge in [-0.05, 0) is 18.9 Å². The second-order valence-electron chi connectivity index (χ2n) is 7.39. The maximum atomic E-state index is 12.1. The summed E-state index contributed by atoms with van der Waals surface area (Å²) >= 11 is 0. The lowest BCUT2D eigenvalue weighted by molar-refractivity contribution is -0.121.